The molecule has 0 aliphatic heterocycles. The van der Waals surface area contributed by atoms with Crippen LogP contribution < -0.4 is 4.72 Å². The first-order valence-electron chi connectivity index (χ1n) is 10.0. The van der Waals surface area contributed by atoms with E-state index in [1.165, 1.54) is 24.3 Å². The number of anilines is 1. The van der Waals surface area contributed by atoms with Gasteiger partial charge in [0, 0.05) is 18.3 Å². The van der Waals surface area contributed by atoms with Gasteiger partial charge in [-0.25, -0.2) is 13.4 Å². The number of hydrogen-bond acceptors (Lipinski definition) is 5. The maximum atomic E-state index is 12.8. The molecule has 6 nitrogen and oxygen atoms in total. The van der Waals surface area contributed by atoms with Crippen molar-refractivity contribution in [1.82, 2.24) is 9.88 Å². The van der Waals surface area contributed by atoms with Gasteiger partial charge < -0.3 is 4.90 Å². The van der Waals surface area contributed by atoms with Gasteiger partial charge in [-0.3, -0.25) is 9.52 Å². The third kappa shape index (κ3) is 4.66. The van der Waals surface area contributed by atoms with Gasteiger partial charge in [0.05, 0.1) is 21.7 Å². The quantitative estimate of drug-likeness (QED) is 0.435. The number of carbonyl (C=O) groups is 1. The summed E-state index contributed by atoms with van der Waals surface area (Å²) in [5.74, 6) is -0.199. The number of para-hydroxylation sites is 1. The first-order chi connectivity index (χ1) is 15.2. The predicted octanol–water partition coefficient (Wildman–Crippen LogP) is 4.99. The third-order valence-electron chi connectivity index (χ3n) is 5.23. The van der Waals surface area contributed by atoms with Crippen molar-refractivity contribution in [3.05, 3.63) is 88.4 Å². The number of thiazole rings is 1. The molecule has 0 bridgehead atoms. The topological polar surface area (TPSA) is 79.4 Å². The highest BCUT2D eigenvalue weighted by molar-refractivity contribution is 7.92. The average molecular weight is 466 g/mol. The number of benzene rings is 3. The van der Waals surface area contributed by atoms with Crippen LogP contribution in [-0.4, -0.2) is 31.3 Å². The molecular formula is C24H23N3O3S2. The minimum absolute atomic E-state index is 0.0982. The van der Waals surface area contributed by atoms with Gasteiger partial charge in [-0.15, -0.1) is 11.3 Å². The molecule has 0 saturated carbocycles. The summed E-state index contributed by atoms with van der Waals surface area (Å²) in [5, 5.41) is 0.846. The van der Waals surface area contributed by atoms with Crippen LogP contribution >= 0.6 is 11.3 Å². The number of nitrogens with one attached hydrogen (secondary N) is 1. The molecule has 0 spiro atoms. The molecule has 0 aliphatic carbocycles. The zero-order valence-electron chi connectivity index (χ0n) is 18.0. The molecule has 164 valence electrons. The number of aromatic nitrogens is 1. The van der Waals surface area contributed by atoms with Crippen molar-refractivity contribution in [1.29, 1.82) is 0 Å². The van der Waals surface area contributed by atoms with Crippen molar-refractivity contribution in [2.24, 2.45) is 0 Å². The van der Waals surface area contributed by atoms with Gasteiger partial charge in [0.25, 0.3) is 15.9 Å². The molecule has 1 N–H and O–H groups in total. The molecule has 1 aromatic heterocycles. The molecule has 0 aliphatic rings. The van der Waals surface area contributed by atoms with Crippen molar-refractivity contribution >= 4 is 43.2 Å². The summed E-state index contributed by atoms with van der Waals surface area (Å²) in [4.78, 5) is 19.1. The van der Waals surface area contributed by atoms with Crippen LogP contribution in [0.25, 0.3) is 10.2 Å². The van der Waals surface area contributed by atoms with Crippen molar-refractivity contribution in [3.63, 3.8) is 0 Å². The predicted molar refractivity (Wildman–Crippen MR) is 129 cm³/mol. The highest BCUT2D eigenvalue weighted by Crippen LogP contribution is 2.23. The lowest BCUT2D eigenvalue weighted by Gasteiger charge is -2.16. The molecule has 0 atom stereocenters. The Morgan fingerprint density at radius 2 is 1.72 bits per heavy atom. The van der Waals surface area contributed by atoms with E-state index in [2.05, 4.69) is 9.71 Å². The van der Waals surface area contributed by atoms with Crippen LogP contribution in [0.3, 0.4) is 0 Å². The van der Waals surface area contributed by atoms with Crippen LogP contribution in [-0.2, 0) is 16.6 Å². The van der Waals surface area contributed by atoms with Crippen molar-refractivity contribution < 1.29 is 13.2 Å². The lowest BCUT2D eigenvalue weighted by Crippen LogP contribution is -2.26. The van der Waals surface area contributed by atoms with E-state index >= 15 is 0 Å². The second-order valence-electron chi connectivity index (χ2n) is 7.67. The molecule has 0 fully saturated rings. The number of fused-ring (bicyclic) bond motifs is 1. The van der Waals surface area contributed by atoms with Crippen LogP contribution in [0.15, 0.2) is 71.6 Å². The number of nitrogens with zero attached hydrogens (tertiary/aromatic N) is 2. The Bertz CT molecular complexity index is 1360. The molecule has 4 aromatic rings. The van der Waals surface area contributed by atoms with Gasteiger partial charge >= 0.3 is 0 Å². The van der Waals surface area contributed by atoms with E-state index in [-0.39, 0.29) is 10.8 Å². The number of rotatable bonds is 6. The van der Waals surface area contributed by atoms with Gasteiger partial charge in [0.1, 0.15) is 5.01 Å². The Labute approximate surface area is 191 Å². The highest BCUT2D eigenvalue weighted by Gasteiger charge is 2.18. The number of hydrogen-bond donors (Lipinski definition) is 1. The SMILES string of the molecule is Cc1ccc(NS(=O)(=O)c2ccc(C(=O)N(C)Cc3nc4ccccc4s3)cc2)cc1C. The van der Waals surface area contributed by atoms with Gasteiger partial charge in [-0.1, -0.05) is 18.2 Å². The van der Waals surface area contributed by atoms with Crippen molar-refractivity contribution in [2.75, 3.05) is 11.8 Å². The molecule has 8 heteroatoms. The van der Waals surface area contributed by atoms with E-state index in [0.717, 1.165) is 26.4 Å². The minimum Gasteiger partial charge on any atom is -0.335 e. The maximum absolute atomic E-state index is 12.8. The Kier molecular flexibility index (Phi) is 5.99. The van der Waals surface area contributed by atoms with E-state index in [1.807, 2.05) is 44.2 Å². The molecule has 0 unspecified atom stereocenters. The van der Waals surface area contributed by atoms with Gasteiger partial charge in [0.15, 0.2) is 0 Å². The molecule has 0 radical (unpaired) electrons. The molecule has 32 heavy (non-hydrogen) atoms. The van der Waals surface area contributed by atoms with E-state index < -0.39 is 10.0 Å². The van der Waals surface area contributed by atoms with Crippen LogP contribution in [0.1, 0.15) is 26.5 Å². The normalized spacial score (nSPS) is 11.5. The van der Waals surface area contributed by atoms with Gasteiger partial charge in [-0.2, -0.15) is 0 Å². The Balaban J connectivity index is 1.46. The van der Waals surface area contributed by atoms with Crippen LogP contribution in [0, 0.1) is 13.8 Å². The number of aryl methyl sites for hydroxylation is 2. The van der Waals surface area contributed by atoms with E-state index in [1.54, 1.807) is 35.4 Å². The summed E-state index contributed by atoms with van der Waals surface area (Å²) in [6.45, 7) is 4.28. The second-order valence-corrected chi connectivity index (χ2v) is 10.5. The van der Waals surface area contributed by atoms with Crippen LogP contribution in [0.2, 0.25) is 0 Å². The fraction of sp³-hybridized carbons (Fsp3) is 0.167. The lowest BCUT2D eigenvalue weighted by molar-refractivity contribution is 0.0785. The Morgan fingerprint density at radius 3 is 2.41 bits per heavy atom. The molecule has 0 saturated heterocycles. The number of amides is 1. The lowest BCUT2D eigenvalue weighted by atomic mass is 10.1. The number of sulfonamides is 1. The zero-order valence-corrected chi connectivity index (χ0v) is 19.6. The van der Waals surface area contributed by atoms with Gasteiger partial charge in [0.2, 0.25) is 0 Å². The first-order valence-corrected chi connectivity index (χ1v) is 12.3. The molecule has 1 amide bonds. The second kappa shape index (κ2) is 8.72. The third-order valence-corrected chi connectivity index (χ3v) is 7.65. The summed E-state index contributed by atoms with van der Waals surface area (Å²) >= 11 is 1.55. The smallest absolute Gasteiger partial charge is 0.261 e. The summed E-state index contributed by atoms with van der Waals surface area (Å²) < 4.78 is 29.1. The summed E-state index contributed by atoms with van der Waals surface area (Å²) in [6.07, 6.45) is 0. The first kappa shape index (κ1) is 22.0. The Hall–Kier alpha value is -3.23. The molecule has 1 heterocycles. The van der Waals surface area contributed by atoms with Crippen molar-refractivity contribution in [2.45, 2.75) is 25.3 Å². The van der Waals surface area contributed by atoms with Crippen LogP contribution in [0.4, 0.5) is 5.69 Å². The highest BCUT2D eigenvalue weighted by atomic mass is 32.2. The summed E-state index contributed by atoms with van der Waals surface area (Å²) in [5.41, 5.74) is 3.93. The molecular weight excluding hydrogens is 442 g/mol. The standard InChI is InChI=1S/C24H23N3O3S2/c1-16-8-11-19(14-17(16)2)26-32(29,30)20-12-9-18(10-13-20)24(28)27(3)15-23-25-21-6-4-5-7-22(21)31-23/h4-14,26H,15H2,1-3H3. The number of carbonyl (C=O) groups excluding carboxylic acids is 1. The summed E-state index contributed by atoms with van der Waals surface area (Å²) in [7, 11) is -2.04. The fourth-order valence-corrected chi connectivity index (χ4v) is 5.35. The van der Waals surface area contributed by atoms with Crippen LogP contribution in [0.5, 0.6) is 0 Å². The monoisotopic (exact) mass is 465 g/mol. The fourth-order valence-electron chi connectivity index (χ4n) is 3.28. The average Bonchev–Trinajstić information content (AvgIpc) is 3.18. The van der Waals surface area contributed by atoms with E-state index in [0.29, 0.717) is 17.8 Å². The Morgan fingerprint density at radius 1 is 1.00 bits per heavy atom. The maximum Gasteiger partial charge on any atom is 0.261 e. The largest absolute Gasteiger partial charge is 0.335 e. The van der Waals surface area contributed by atoms with Crippen molar-refractivity contribution in [3.8, 4) is 0 Å². The molecule has 4 rings (SSSR count). The van der Waals surface area contributed by atoms with E-state index in [4.69, 9.17) is 0 Å². The summed E-state index contributed by atoms with van der Waals surface area (Å²) in [6, 6.07) is 19.2. The van der Waals surface area contributed by atoms with Gasteiger partial charge in [-0.05, 0) is 73.5 Å². The van der Waals surface area contributed by atoms with E-state index in [9.17, 15) is 13.2 Å². The minimum atomic E-state index is -3.75. The molecule has 3 aromatic carbocycles. The zero-order chi connectivity index (χ0) is 22.9.